The van der Waals surface area contributed by atoms with Gasteiger partial charge in [0.1, 0.15) is 0 Å². The summed E-state index contributed by atoms with van der Waals surface area (Å²) in [5, 5.41) is 9.47. The van der Waals surface area contributed by atoms with Gasteiger partial charge in [0, 0.05) is 29.6 Å². The second-order valence-corrected chi connectivity index (χ2v) is 5.81. The van der Waals surface area contributed by atoms with Crippen LogP contribution in [-0.4, -0.2) is 22.2 Å². The minimum Gasteiger partial charge on any atom is -0.351 e. The first kappa shape index (κ1) is 12.4. The van der Waals surface area contributed by atoms with Gasteiger partial charge in [-0.1, -0.05) is 6.92 Å². The molecule has 1 aliphatic rings. The highest BCUT2D eigenvalue weighted by molar-refractivity contribution is 7.10. The van der Waals surface area contributed by atoms with Gasteiger partial charge in [0.25, 0.3) is 5.91 Å². The Kier molecular flexibility index (Phi) is 3.14. The van der Waals surface area contributed by atoms with Crippen molar-refractivity contribution in [1.29, 1.82) is 0 Å². The molecule has 0 unspecified atom stereocenters. The second-order valence-electron chi connectivity index (χ2n) is 4.81. The first-order valence-corrected chi connectivity index (χ1v) is 7.51. The Hall–Kier alpha value is -1.62. The SMILES string of the molecule is CCCNC(=O)c1nn(C)c2c1CCc1sccc1-2. The molecule has 19 heavy (non-hydrogen) atoms. The van der Waals surface area contributed by atoms with Crippen molar-refractivity contribution >= 4 is 17.2 Å². The molecule has 2 aromatic rings. The Morgan fingerprint density at radius 2 is 2.37 bits per heavy atom. The monoisotopic (exact) mass is 275 g/mol. The summed E-state index contributed by atoms with van der Waals surface area (Å²) < 4.78 is 1.85. The molecule has 0 saturated carbocycles. The Balaban J connectivity index is 2.03. The van der Waals surface area contributed by atoms with Gasteiger partial charge in [0.2, 0.25) is 0 Å². The molecule has 1 amide bonds. The minimum absolute atomic E-state index is 0.0441. The van der Waals surface area contributed by atoms with Gasteiger partial charge in [0.15, 0.2) is 5.69 Å². The van der Waals surface area contributed by atoms with Crippen LogP contribution in [-0.2, 0) is 19.9 Å². The van der Waals surface area contributed by atoms with Gasteiger partial charge in [0.05, 0.1) is 5.69 Å². The maximum absolute atomic E-state index is 12.2. The predicted octanol–water partition coefficient (Wildman–Crippen LogP) is 2.39. The van der Waals surface area contributed by atoms with Gasteiger partial charge in [-0.25, -0.2) is 0 Å². The standard InChI is InChI=1S/C14H17N3OS/c1-3-7-15-14(18)12-10-4-5-11-9(6-8-19-11)13(10)17(2)16-12/h6,8H,3-5,7H2,1-2H3,(H,15,18). The molecule has 3 rings (SSSR count). The number of nitrogens with one attached hydrogen (secondary N) is 1. The van der Waals surface area contributed by atoms with Crippen molar-refractivity contribution in [2.45, 2.75) is 26.2 Å². The highest BCUT2D eigenvalue weighted by Gasteiger charge is 2.27. The molecule has 1 N–H and O–H groups in total. The number of aromatic nitrogens is 2. The maximum atomic E-state index is 12.2. The number of hydrogen-bond donors (Lipinski definition) is 1. The summed E-state index contributed by atoms with van der Waals surface area (Å²) in [6.45, 7) is 2.75. The molecular weight excluding hydrogens is 258 g/mol. The first-order chi connectivity index (χ1) is 9.22. The summed E-state index contributed by atoms with van der Waals surface area (Å²) in [7, 11) is 1.92. The normalized spacial score (nSPS) is 12.9. The lowest BCUT2D eigenvalue weighted by molar-refractivity contribution is 0.0947. The lowest BCUT2D eigenvalue weighted by atomic mass is 9.94. The zero-order valence-corrected chi connectivity index (χ0v) is 12.0. The molecule has 1 aliphatic carbocycles. The zero-order chi connectivity index (χ0) is 13.4. The fraction of sp³-hybridized carbons (Fsp3) is 0.429. The van der Waals surface area contributed by atoms with Crippen LogP contribution in [0.4, 0.5) is 0 Å². The topological polar surface area (TPSA) is 46.9 Å². The van der Waals surface area contributed by atoms with Gasteiger partial charge < -0.3 is 5.32 Å². The Morgan fingerprint density at radius 1 is 1.53 bits per heavy atom. The number of carbonyl (C=O) groups excluding carboxylic acids is 1. The number of rotatable bonds is 3. The summed E-state index contributed by atoms with van der Waals surface area (Å²) in [6.07, 6.45) is 2.86. The van der Waals surface area contributed by atoms with E-state index in [1.165, 1.54) is 10.4 Å². The van der Waals surface area contributed by atoms with E-state index in [0.29, 0.717) is 12.2 Å². The van der Waals surface area contributed by atoms with Crippen molar-refractivity contribution < 1.29 is 4.79 Å². The Labute approximate surface area is 116 Å². The molecule has 5 heteroatoms. The number of carbonyl (C=O) groups is 1. The third kappa shape index (κ3) is 1.98. The van der Waals surface area contributed by atoms with Crippen molar-refractivity contribution in [1.82, 2.24) is 15.1 Å². The molecule has 100 valence electrons. The van der Waals surface area contributed by atoms with Gasteiger partial charge >= 0.3 is 0 Å². The minimum atomic E-state index is -0.0441. The van der Waals surface area contributed by atoms with Crippen molar-refractivity contribution in [3.8, 4) is 11.3 Å². The average molecular weight is 275 g/mol. The first-order valence-electron chi connectivity index (χ1n) is 6.63. The molecule has 0 spiro atoms. The molecule has 0 aliphatic heterocycles. The molecule has 0 saturated heterocycles. The van der Waals surface area contributed by atoms with Crippen molar-refractivity contribution in [3.05, 3.63) is 27.6 Å². The summed E-state index contributed by atoms with van der Waals surface area (Å²) in [5.41, 5.74) is 4.06. The van der Waals surface area contributed by atoms with E-state index < -0.39 is 0 Å². The fourth-order valence-electron chi connectivity index (χ4n) is 2.63. The summed E-state index contributed by atoms with van der Waals surface area (Å²) in [5.74, 6) is -0.0441. The number of fused-ring (bicyclic) bond motifs is 3. The maximum Gasteiger partial charge on any atom is 0.272 e. The lowest BCUT2D eigenvalue weighted by Crippen LogP contribution is -2.25. The quantitative estimate of drug-likeness (QED) is 0.935. The molecule has 0 radical (unpaired) electrons. The third-order valence-corrected chi connectivity index (χ3v) is 4.48. The highest BCUT2D eigenvalue weighted by Crippen LogP contribution is 2.37. The summed E-state index contributed by atoms with van der Waals surface area (Å²) in [6, 6.07) is 2.13. The van der Waals surface area contributed by atoms with E-state index in [4.69, 9.17) is 0 Å². The molecule has 0 bridgehead atoms. The van der Waals surface area contributed by atoms with Crippen LogP contribution in [0.2, 0.25) is 0 Å². The van der Waals surface area contributed by atoms with Crippen molar-refractivity contribution in [3.63, 3.8) is 0 Å². The Bertz CT molecular complexity index is 627. The van der Waals surface area contributed by atoms with Crippen LogP contribution in [0.15, 0.2) is 11.4 Å². The van der Waals surface area contributed by atoms with E-state index in [2.05, 4.69) is 21.9 Å². The van der Waals surface area contributed by atoms with Crippen molar-refractivity contribution in [2.24, 2.45) is 7.05 Å². The number of nitrogens with zero attached hydrogens (tertiary/aromatic N) is 2. The third-order valence-electron chi connectivity index (χ3n) is 3.50. The van der Waals surface area contributed by atoms with E-state index in [1.807, 2.05) is 18.7 Å². The van der Waals surface area contributed by atoms with Crippen LogP contribution in [0.25, 0.3) is 11.3 Å². The summed E-state index contributed by atoms with van der Waals surface area (Å²) in [4.78, 5) is 13.6. The lowest BCUT2D eigenvalue weighted by Gasteiger charge is -2.13. The number of aryl methyl sites for hydroxylation is 2. The van der Waals surface area contributed by atoms with Gasteiger partial charge in [-0.2, -0.15) is 5.10 Å². The van der Waals surface area contributed by atoms with E-state index in [1.54, 1.807) is 11.3 Å². The van der Waals surface area contributed by atoms with Crippen LogP contribution >= 0.6 is 11.3 Å². The van der Waals surface area contributed by atoms with Crippen LogP contribution < -0.4 is 5.32 Å². The Morgan fingerprint density at radius 3 is 3.16 bits per heavy atom. The van der Waals surface area contributed by atoms with Crippen LogP contribution in [0.1, 0.15) is 34.3 Å². The van der Waals surface area contributed by atoms with Gasteiger partial charge in [-0.05, 0) is 30.7 Å². The molecular formula is C14H17N3OS. The number of hydrogen-bond acceptors (Lipinski definition) is 3. The average Bonchev–Trinajstić information content (AvgIpc) is 2.99. The largest absolute Gasteiger partial charge is 0.351 e. The van der Waals surface area contributed by atoms with Crippen LogP contribution in [0.5, 0.6) is 0 Å². The molecule has 0 aromatic carbocycles. The van der Waals surface area contributed by atoms with E-state index in [-0.39, 0.29) is 5.91 Å². The molecule has 0 atom stereocenters. The van der Waals surface area contributed by atoms with Crippen LogP contribution in [0, 0.1) is 0 Å². The highest BCUT2D eigenvalue weighted by atomic mass is 32.1. The number of thiophene rings is 1. The van der Waals surface area contributed by atoms with E-state index in [0.717, 1.165) is 30.5 Å². The predicted molar refractivity (Wildman–Crippen MR) is 76.6 cm³/mol. The van der Waals surface area contributed by atoms with Gasteiger partial charge in [-0.3, -0.25) is 9.48 Å². The smallest absolute Gasteiger partial charge is 0.272 e. The number of amides is 1. The molecule has 2 heterocycles. The van der Waals surface area contributed by atoms with Gasteiger partial charge in [-0.15, -0.1) is 11.3 Å². The van der Waals surface area contributed by atoms with E-state index >= 15 is 0 Å². The summed E-state index contributed by atoms with van der Waals surface area (Å²) >= 11 is 1.79. The second kappa shape index (κ2) is 4.81. The molecule has 0 fully saturated rings. The van der Waals surface area contributed by atoms with Crippen LogP contribution in [0.3, 0.4) is 0 Å². The van der Waals surface area contributed by atoms with Crippen molar-refractivity contribution in [2.75, 3.05) is 6.54 Å². The van der Waals surface area contributed by atoms with E-state index in [9.17, 15) is 4.79 Å². The molecule has 2 aromatic heterocycles. The molecule has 4 nitrogen and oxygen atoms in total. The fourth-order valence-corrected chi connectivity index (χ4v) is 3.51. The zero-order valence-electron chi connectivity index (χ0n) is 11.2.